The number of nitrogens with zero attached hydrogens (tertiary/aromatic N) is 3. The fourth-order valence-electron chi connectivity index (χ4n) is 4.16. The average Bonchev–Trinajstić information content (AvgIpc) is 3.04. The summed E-state index contributed by atoms with van der Waals surface area (Å²) in [5.41, 5.74) is 1.26. The molecular weight excluding hydrogens is 358 g/mol. The first-order valence-electron chi connectivity index (χ1n) is 9.89. The van der Waals surface area contributed by atoms with Crippen LogP contribution in [0.1, 0.15) is 20.8 Å². The predicted molar refractivity (Wildman–Crippen MR) is 107 cm³/mol. The van der Waals surface area contributed by atoms with Gasteiger partial charge in [0.2, 0.25) is 0 Å². The van der Waals surface area contributed by atoms with Crippen LogP contribution in [0, 0.1) is 0 Å². The van der Waals surface area contributed by atoms with Gasteiger partial charge in [0.1, 0.15) is 5.69 Å². The van der Waals surface area contributed by atoms with E-state index in [1.807, 2.05) is 24.3 Å². The number of nitrogens with one attached hydrogen (secondary N) is 2. The number of piperazine rings is 2. The number of Topliss-reactive ketones (excluding diaryl/α,β-unsaturated/α-hetero) is 1. The highest BCUT2D eigenvalue weighted by Gasteiger charge is 2.29. The lowest BCUT2D eigenvalue weighted by Crippen LogP contribution is -2.45. The number of carbonyl (C=O) groups excluding carboxylic acids is 1. The molecule has 0 saturated carbocycles. The molecule has 3 heterocycles. The minimum absolute atomic E-state index is 0.111. The van der Waals surface area contributed by atoms with Crippen molar-refractivity contribution in [3.63, 3.8) is 0 Å². The molecule has 2 aliphatic heterocycles. The van der Waals surface area contributed by atoms with Crippen LogP contribution in [-0.4, -0.2) is 90.1 Å². The number of rotatable bonds is 6. The maximum absolute atomic E-state index is 13.2. The monoisotopic (exact) mass is 385 g/mol. The Balaban J connectivity index is 1.73. The summed E-state index contributed by atoms with van der Waals surface area (Å²) < 4.78 is 1.80. The van der Waals surface area contributed by atoms with Crippen LogP contribution in [0.5, 0.6) is 0 Å². The molecule has 0 unspecified atom stereocenters. The van der Waals surface area contributed by atoms with E-state index in [2.05, 4.69) is 20.4 Å². The summed E-state index contributed by atoms with van der Waals surface area (Å²) in [4.78, 5) is 29.7. The third-order valence-electron chi connectivity index (χ3n) is 5.58. The molecule has 1 aromatic heterocycles. The highest BCUT2D eigenvalue weighted by atomic mass is 16.4. The van der Waals surface area contributed by atoms with Gasteiger partial charge in [-0.05, 0) is 6.07 Å². The van der Waals surface area contributed by atoms with Gasteiger partial charge in [0.15, 0.2) is 5.78 Å². The summed E-state index contributed by atoms with van der Waals surface area (Å²) in [6.07, 6.45) is 0. The van der Waals surface area contributed by atoms with Gasteiger partial charge in [-0.3, -0.25) is 14.6 Å². The molecule has 0 radical (unpaired) electrons. The van der Waals surface area contributed by atoms with Crippen LogP contribution in [-0.2, 0) is 6.67 Å². The minimum atomic E-state index is -1.05. The zero-order valence-electron chi connectivity index (χ0n) is 16.0. The lowest BCUT2D eigenvalue weighted by molar-refractivity contribution is 0.0672. The number of carbonyl (C=O) groups is 2. The van der Waals surface area contributed by atoms with Crippen molar-refractivity contribution in [1.82, 2.24) is 25.0 Å². The molecule has 8 nitrogen and oxygen atoms in total. The van der Waals surface area contributed by atoms with E-state index >= 15 is 0 Å². The van der Waals surface area contributed by atoms with Gasteiger partial charge in [-0.15, -0.1) is 0 Å². The van der Waals surface area contributed by atoms with Crippen LogP contribution >= 0.6 is 0 Å². The van der Waals surface area contributed by atoms with Gasteiger partial charge in [0, 0.05) is 57.7 Å². The third kappa shape index (κ3) is 3.81. The topological polar surface area (TPSA) is 89.8 Å². The first kappa shape index (κ1) is 19.1. The lowest BCUT2D eigenvalue weighted by atomic mass is 10.1. The average molecular weight is 385 g/mol. The summed E-state index contributed by atoms with van der Waals surface area (Å²) in [5, 5.41) is 17.3. The van der Waals surface area contributed by atoms with Crippen LogP contribution in [0.4, 0.5) is 0 Å². The van der Waals surface area contributed by atoms with Crippen LogP contribution in [0.3, 0.4) is 0 Å². The molecule has 2 fully saturated rings. The van der Waals surface area contributed by atoms with E-state index in [0.29, 0.717) is 12.2 Å². The fraction of sp³-hybridized carbons (Fsp3) is 0.500. The van der Waals surface area contributed by atoms with E-state index in [9.17, 15) is 14.7 Å². The van der Waals surface area contributed by atoms with E-state index in [1.165, 1.54) is 0 Å². The Bertz CT molecular complexity index is 866. The number of hydrogen-bond donors (Lipinski definition) is 3. The fourth-order valence-corrected chi connectivity index (χ4v) is 4.16. The molecule has 2 aromatic rings. The van der Waals surface area contributed by atoms with Crippen molar-refractivity contribution in [2.24, 2.45) is 0 Å². The Kier molecular flexibility index (Phi) is 5.72. The van der Waals surface area contributed by atoms with Crippen molar-refractivity contribution in [3.05, 3.63) is 35.5 Å². The van der Waals surface area contributed by atoms with Crippen molar-refractivity contribution in [3.8, 4) is 0 Å². The Morgan fingerprint density at radius 3 is 2.18 bits per heavy atom. The van der Waals surface area contributed by atoms with E-state index in [1.54, 1.807) is 4.57 Å². The van der Waals surface area contributed by atoms with Crippen LogP contribution in [0.2, 0.25) is 0 Å². The molecule has 4 rings (SSSR count). The molecule has 0 aliphatic carbocycles. The number of aromatic carboxylic acids is 1. The van der Waals surface area contributed by atoms with Gasteiger partial charge in [-0.1, -0.05) is 18.2 Å². The standard InChI is InChI=1S/C20H27N5O3/c26-17(13-23-9-5-21-6-10-23)18-15-3-1-2-4-16(15)25(19(18)20(27)28)14-24-11-7-22-8-12-24/h1-4,21-22H,5-14H2,(H,27,28). The van der Waals surface area contributed by atoms with Gasteiger partial charge in [0.05, 0.1) is 24.3 Å². The Morgan fingerprint density at radius 2 is 1.54 bits per heavy atom. The molecule has 0 atom stereocenters. The molecule has 3 N–H and O–H groups in total. The van der Waals surface area contributed by atoms with Crippen molar-refractivity contribution < 1.29 is 14.7 Å². The third-order valence-corrected chi connectivity index (χ3v) is 5.58. The molecular formula is C20H27N5O3. The Labute approximate surface area is 164 Å². The predicted octanol–water partition coefficient (Wildman–Crippen LogP) is 0.290. The largest absolute Gasteiger partial charge is 0.477 e. The van der Waals surface area contributed by atoms with Crippen molar-refractivity contribution in [2.75, 3.05) is 58.9 Å². The second kappa shape index (κ2) is 8.40. The normalized spacial score (nSPS) is 19.1. The van der Waals surface area contributed by atoms with E-state index in [4.69, 9.17) is 0 Å². The summed E-state index contributed by atoms with van der Waals surface area (Å²) in [5.74, 6) is -1.16. The van der Waals surface area contributed by atoms with Gasteiger partial charge >= 0.3 is 5.97 Å². The van der Waals surface area contributed by atoms with E-state index < -0.39 is 5.97 Å². The molecule has 0 spiro atoms. The number of fused-ring (bicyclic) bond motifs is 1. The molecule has 2 aliphatic rings. The SMILES string of the molecule is O=C(CN1CCNCC1)c1c(C(=O)O)n(CN2CCNCC2)c2ccccc12. The summed E-state index contributed by atoms with van der Waals surface area (Å²) >= 11 is 0. The van der Waals surface area contributed by atoms with E-state index in [-0.39, 0.29) is 18.0 Å². The summed E-state index contributed by atoms with van der Waals surface area (Å²) in [6, 6.07) is 7.53. The summed E-state index contributed by atoms with van der Waals surface area (Å²) in [7, 11) is 0. The summed E-state index contributed by atoms with van der Waals surface area (Å²) in [6.45, 7) is 7.52. The number of ketones is 1. The Hall–Kier alpha value is -2.26. The van der Waals surface area contributed by atoms with Gasteiger partial charge in [-0.25, -0.2) is 4.79 Å². The second-order valence-electron chi connectivity index (χ2n) is 7.43. The maximum Gasteiger partial charge on any atom is 0.353 e. The number of hydrogen-bond acceptors (Lipinski definition) is 6. The van der Waals surface area contributed by atoms with Crippen LogP contribution < -0.4 is 10.6 Å². The molecule has 1 aromatic carbocycles. The number of para-hydroxylation sites is 1. The Morgan fingerprint density at radius 1 is 0.929 bits per heavy atom. The molecule has 28 heavy (non-hydrogen) atoms. The number of carboxylic acids is 1. The second-order valence-corrected chi connectivity index (χ2v) is 7.43. The number of aromatic nitrogens is 1. The highest BCUT2D eigenvalue weighted by Crippen LogP contribution is 2.28. The van der Waals surface area contributed by atoms with Crippen molar-refractivity contribution >= 4 is 22.7 Å². The first-order valence-corrected chi connectivity index (χ1v) is 9.89. The highest BCUT2D eigenvalue weighted by molar-refractivity contribution is 6.16. The lowest BCUT2D eigenvalue weighted by Gasteiger charge is -2.28. The molecule has 150 valence electrons. The molecule has 2 saturated heterocycles. The van der Waals surface area contributed by atoms with Crippen LogP contribution in [0.15, 0.2) is 24.3 Å². The number of carboxylic acid groups (broad SMARTS) is 1. The zero-order chi connectivity index (χ0) is 19.5. The van der Waals surface area contributed by atoms with Crippen LogP contribution in [0.25, 0.3) is 10.9 Å². The van der Waals surface area contributed by atoms with Crippen molar-refractivity contribution in [2.45, 2.75) is 6.67 Å². The number of benzene rings is 1. The van der Waals surface area contributed by atoms with Gasteiger partial charge < -0.3 is 20.3 Å². The smallest absolute Gasteiger partial charge is 0.353 e. The zero-order valence-corrected chi connectivity index (χ0v) is 16.0. The molecule has 8 heteroatoms. The quantitative estimate of drug-likeness (QED) is 0.616. The minimum Gasteiger partial charge on any atom is -0.477 e. The molecule has 0 bridgehead atoms. The van der Waals surface area contributed by atoms with Gasteiger partial charge in [0.25, 0.3) is 0 Å². The van der Waals surface area contributed by atoms with Gasteiger partial charge in [-0.2, -0.15) is 0 Å². The first-order chi connectivity index (χ1) is 13.6. The maximum atomic E-state index is 13.2. The molecule has 0 amide bonds. The van der Waals surface area contributed by atoms with E-state index in [0.717, 1.165) is 63.3 Å². The van der Waals surface area contributed by atoms with Crippen molar-refractivity contribution in [1.29, 1.82) is 0 Å².